The lowest BCUT2D eigenvalue weighted by atomic mass is 9.86. The minimum absolute atomic E-state index is 0.161. The molecule has 1 saturated heterocycles. The van der Waals surface area contributed by atoms with E-state index in [0.717, 1.165) is 5.70 Å². The van der Waals surface area contributed by atoms with Crippen LogP contribution in [0.1, 0.15) is 32.1 Å². The van der Waals surface area contributed by atoms with Crippen LogP contribution in [0.2, 0.25) is 0 Å². The normalized spacial score (nSPS) is 25.4. The maximum atomic E-state index is 6.40. The molecule has 3 heteroatoms. The van der Waals surface area contributed by atoms with Crippen molar-refractivity contribution < 1.29 is 0 Å². The second-order valence-corrected chi connectivity index (χ2v) is 5.85. The van der Waals surface area contributed by atoms with E-state index in [1.165, 1.54) is 45.2 Å². The molecule has 2 aliphatic rings. The van der Waals surface area contributed by atoms with Crippen LogP contribution in [0.4, 0.5) is 0 Å². The van der Waals surface area contributed by atoms with E-state index in [2.05, 4.69) is 30.5 Å². The van der Waals surface area contributed by atoms with Crippen LogP contribution in [0.5, 0.6) is 0 Å². The summed E-state index contributed by atoms with van der Waals surface area (Å²) in [7, 11) is 4.36. The van der Waals surface area contributed by atoms with Gasteiger partial charge in [0.25, 0.3) is 0 Å². The van der Waals surface area contributed by atoms with Gasteiger partial charge in [-0.15, -0.1) is 0 Å². The Morgan fingerprint density at radius 2 is 1.88 bits per heavy atom. The third-order valence-electron chi connectivity index (χ3n) is 4.73. The highest BCUT2D eigenvalue weighted by Gasteiger charge is 2.29. The van der Waals surface area contributed by atoms with Gasteiger partial charge in [0.15, 0.2) is 0 Å². The van der Waals surface area contributed by atoms with Crippen molar-refractivity contribution in [2.45, 2.75) is 44.2 Å². The first-order valence-corrected chi connectivity index (χ1v) is 6.95. The highest BCUT2D eigenvalue weighted by Crippen LogP contribution is 2.29. The van der Waals surface area contributed by atoms with E-state index in [0.29, 0.717) is 12.0 Å². The molecule has 1 aliphatic carbocycles. The fourth-order valence-corrected chi connectivity index (χ4v) is 2.90. The molecule has 0 aromatic heterocycles. The van der Waals surface area contributed by atoms with E-state index in [-0.39, 0.29) is 6.04 Å². The van der Waals surface area contributed by atoms with Crippen LogP contribution in [0, 0.1) is 5.92 Å². The summed E-state index contributed by atoms with van der Waals surface area (Å²) in [6.07, 6.45) is 6.43. The van der Waals surface area contributed by atoms with Gasteiger partial charge in [0.1, 0.15) is 0 Å². The Hall–Kier alpha value is -0.540. The van der Waals surface area contributed by atoms with Crippen molar-refractivity contribution in [3.63, 3.8) is 0 Å². The van der Waals surface area contributed by atoms with Crippen molar-refractivity contribution in [2.75, 3.05) is 27.2 Å². The second-order valence-electron chi connectivity index (χ2n) is 5.85. The van der Waals surface area contributed by atoms with Crippen LogP contribution in [0.15, 0.2) is 12.3 Å². The first-order chi connectivity index (χ1) is 8.09. The number of rotatable bonds is 4. The van der Waals surface area contributed by atoms with Crippen molar-refractivity contribution in [1.29, 1.82) is 0 Å². The molecule has 0 aromatic carbocycles. The Labute approximate surface area is 106 Å². The van der Waals surface area contributed by atoms with Gasteiger partial charge in [-0.1, -0.05) is 6.58 Å². The molecule has 1 atom stereocenters. The van der Waals surface area contributed by atoms with Crippen LogP contribution in [0.3, 0.4) is 0 Å². The van der Waals surface area contributed by atoms with E-state index in [1.807, 2.05) is 0 Å². The summed E-state index contributed by atoms with van der Waals surface area (Å²) in [6, 6.07) is 0.870. The predicted octanol–water partition coefficient (Wildman–Crippen LogP) is 1.65. The van der Waals surface area contributed by atoms with Crippen LogP contribution < -0.4 is 5.73 Å². The van der Waals surface area contributed by atoms with Gasteiger partial charge < -0.3 is 15.5 Å². The third-order valence-corrected chi connectivity index (χ3v) is 4.73. The second kappa shape index (κ2) is 5.40. The summed E-state index contributed by atoms with van der Waals surface area (Å²) in [5.41, 5.74) is 7.55. The van der Waals surface area contributed by atoms with Crippen molar-refractivity contribution in [1.82, 2.24) is 9.80 Å². The molecule has 1 saturated carbocycles. The first kappa shape index (κ1) is 12.9. The average molecular weight is 237 g/mol. The van der Waals surface area contributed by atoms with Gasteiger partial charge >= 0.3 is 0 Å². The van der Waals surface area contributed by atoms with E-state index in [1.54, 1.807) is 0 Å². The van der Waals surface area contributed by atoms with Gasteiger partial charge in [-0.2, -0.15) is 0 Å². The van der Waals surface area contributed by atoms with Gasteiger partial charge in [0.2, 0.25) is 0 Å². The Morgan fingerprint density at radius 1 is 1.29 bits per heavy atom. The fourth-order valence-electron chi connectivity index (χ4n) is 2.90. The van der Waals surface area contributed by atoms with E-state index in [9.17, 15) is 0 Å². The van der Waals surface area contributed by atoms with E-state index in [4.69, 9.17) is 5.73 Å². The average Bonchev–Trinajstić information content (AvgIpc) is 2.25. The van der Waals surface area contributed by atoms with Gasteiger partial charge in [-0.3, -0.25) is 0 Å². The molecule has 1 unspecified atom stereocenters. The third kappa shape index (κ3) is 2.83. The van der Waals surface area contributed by atoms with Crippen molar-refractivity contribution in [2.24, 2.45) is 11.7 Å². The Kier molecular flexibility index (Phi) is 4.10. The number of piperidine rings is 1. The van der Waals surface area contributed by atoms with Crippen LogP contribution in [-0.4, -0.2) is 49.1 Å². The standard InChI is InChI=1S/C14H27N3/c1-11(17(3)13-5-4-6-13)14(15)12-7-9-16(2)10-8-12/h12-14H,1,4-10,15H2,2-3H3. The molecule has 0 aromatic rings. The predicted molar refractivity (Wildman–Crippen MR) is 72.7 cm³/mol. The Balaban J connectivity index is 1.85. The highest BCUT2D eigenvalue weighted by molar-refractivity contribution is 5.08. The quantitative estimate of drug-likeness (QED) is 0.807. The number of nitrogens with two attached hydrogens (primary N) is 1. The van der Waals surface area contributed by atoms with Crippen LogP contribution in [0.25, 0.3) is 0 Å². The van der Waals surface area contributed by atoms with Crippen LogP contribution in [-0.2, 0) is 0 Å². The van der Waals surface area contributed by atoms with E-state index < -0.39 is 0 Å². The summed E-state index contributed by atoms with van der Waals surface area (Å²) in [5, 5.41) is 0. The summed E-state index contributed by atoms with van der Waals surface area (Å²) < 4.78 is 0. The Bertz CT molecular complexity index is 265. The van der Waals surface area contributed by atoms with Gasteiger partial charge in [0.05, 0.1) is 0 Å². The molecular weight excluding hydrogens is 210 g/mol. The summed E-state index contributed by atoms with van der Waals surface area (Å²) in [6.45, 7) is 6.60. The number of likely N-dealkylation sites (tertiary alicyclic amines) is 1. The maximum Gasteiger partial charge on any atom is 0.0470 e. The molecule has 2 fully saturated rings. The first-order valence-electron chi connectivity index (χ1n) is 6.95. The lowest BCUT2D eigenvalue weighted by Gasteiger charge is -2.42. The smallest absolute Gasteiger partial charge is 0.0470 e. The fraction of sp³-hybridized carbons (Fsp3) is 0.857. The summed E-state index contributed by atoms with van der Waals surface area (Å²) >= 11 is 0. The molecular formula is C14H27N3. The van der Waals surface area contributed by atoms with Gasteiger partial charge in [-0.05, 0) is 58.2 Å². The topological polar surface area (TPSA) is 32.5 Å². The lowest BCUT2D eigenvalue weighted by molar-refractivity contribution is 0.161. The molecule has 0 bridgehead atoms. The van der Waals surface area contributed by atoms with Crippen molar-refractivity contribution >= 4 is 0 Å². The van der Waals surface area contributed by atoms with E-state index >= 15 is 0 Å². The number of hydrogen-bond acceptors (Lipinski definition) is 3. The number of hydrogen-bond donors (Lipinski definition) is 1. The van der Waals surface area contributed by atoms with Gasteiger partial charge in [-0.25, -0.2) is 0 Å². The number of nitrogens with zero attached hydrogens (tertiary/aromatic N) is 2. The molecule has 98 valence electrons. The molecule has 1 heterocycles. The van der Waals surface area contributed by atoms with Gasteiger partial charge in [0, 0.05) is 24.8 Å². The Morgan fingerprint density at radius 3 is 2.35 bits per heavy atom. The zero-order chi connectivity index (χ0) is 12.4. The molecule has 3 nitrogen and oxygen atoms in total. The molecule has 2 N–H and O–H groups in total. The minimum Gasteiger partial charge on any atom is -0.374 e. The number of likely N-dealkylation sites (N-methyl/N-ethyl adjacent to an activating group) is 1. The maximum absolute atomic E-state index is 6.40. The molecule has 0 amide bonds. The monoisotopic (exact) mass is 237 g/mol. The SMILES string of the molecule is C=C(C(N)C1CCN(C)CC1)N(C)C1CCC1. The highest BCUT2D eigenvalue weighted by atomic mass is 15.2. The van der Waals surface area contributed by atoms with Crippen LogP contribution >= 0.6 is 0 Å². The zero-order valence-electron chi connectivity index (χ0n) is 11.4. The zero-order valence-corrected chi connectivity index (χ0v) is 11.4. The summed E-state index contributed by atoms with van der Waals surface area (Å²) in [4.78, 5) is 4.73. The van der Waals surface area contributed by atoms with Crippen molar-refractivity contribution in [3.05, 3.63) is 12.3 Å². The summed E-state index contributed by atoms with van der Waals surface area (Å²) in [5.74, 6) is 0.626. The molecule has 17 heavy (non-hydrogen) atoms. The molecule has 0 spiro atoms. The largest absolute Gasteiger partial charge is 0.374 e. The molecule has 2 rings (SSSR count). The molecule has 1 aliphatic heterocycles. The minimum atomic E-state index is 0.161. The molecule has 0 radical (unpaired) electrons. The van der Waals surface area contributed by atoms with Crippen molar-refractivity contribution in [3.8, 4) is 0 Å². The lowest BCUT2D eigenvalue weighted by Crippen LogP contribution is -2.46.